The van der Waals surface area contributed by atoms with Crippen molar-refractivity contribution in [2.24, 2.45) is 0 Å². The number of aromatic nitrogens is 4. The van der Waals surface area contributed by atoms with E-state index in [9.17, 15) is 4.79 Å². The highest BCUT2D eigenvalue weighted by molar-refractivity contribution is 7.98. The highest BCUT2D eigenvalue weighted by atomic mass is 32.2. The molecule has 0 aliphatic heterocycles. The molecule has 1 amide bonds. The van der Waals surface area contributed by atoms with Gasteiger partial charge < -0.3 is 5.32 Å². The van der Waals surface area contributed by atoms with Gasteiger partial charge in [0.25, 0.3) is 5.91 Å². The SMILES string of the molecule is O=C(Nc1ccc(SCc2cccnc2)cc1)c1cnn(-c2ccccc2)n1. The normalized spacial score (nSPS) is 10.6. The molecule has 0 unspecified atom stereocenters. The van der Waals surface area contributed by atoms with Crippen LogP contribution in [0.3, 0.4) is 0 Å². The Morgan fingerprint density at radius 1 is 0.964 bits per heavy atom. The largest absolute Gasteiger partial charge is 0.321 e. The van der Waals surface area contributed by atoms with Gasteiger partial charge in [-0.2, -0.15) is 9.90 Å². The Morgan fingerprint density at radius 3 is 2.54 bits per heavy atom. The van der Waals surface area contributed by atoms with Crippen LogP contribution in [0, 0.1) is 0 Å². The lowest BCUT2D eigenvalue weighted by molar-refractivity contribution is 0.102. The van der Waals surface area contributed by atoms with Gasteiger partial charge in [-0.15, -0.1) is 16.9 Å². The molecule has 0 spiro atoms. The lowest BCUT2D eigenvalue weighted by Gasteiger charge is -2.05. The molecular formula is C21H17N5OS. The van der Waals surface area contributed by atoms with Crippen molar-refractivity contribution in [2.75, 3.05) is 5.32 Å². The van der Waals surface area contributed by atoms with Gasteiger partial charge in [-0.05, 0) is 48.0 Å². The molecule has 0 radical (unpaired) electrons. The van der Waals surface area contributed by atoms with Crippen molar-refractivity contribution in [1.29, 1.82) is 0 Å². The Morgan fingerprint density at radius 2 is 1.79 bits per heavy atom. The summed E-state index contributed by atoms with van der Waals surface area (Å²) in [6.07, 6.45) is 5.09. The number of para-hydroxylation sites is 1. The zero-order valence-electron chi connectivity index (χ0n) is 14.9. The molecule has 0 bridgehead atoms. The fourth-order valence-electron chi connectivity index (χ4n) is 2.53. The number of carbonyl (C=O) groups excluding carboxylic acids is 1. The summed E-state index contributed by atoms with van der Waals surface area (Å²) in [6, 6.07) is 21.2. The maximum atomic E-state index is 12.4. The molecule has 0 fully saturated rings. The number of pyridine rings is 1. The molecule has 138 valence electrons. The van der Waals surface area contributed by atoms with E-state index in [4.69, 9.17) is 0 Å². The van der Waals surface area contributed by atoms with Crippen LogP contribution < -0.4 is 5.32 Å². The number of benzene rings is 2. The van der Waals surface area contributed by atoms with E-state index >= 15 is 0 Å². The molecule has 0 aliphatic rings. The van der Waals surface area contributed by atoms with Gasteiger partial charge in [-0.25, -0.2) is 0 Å². The van der Waals surface area contributed by atoms with Crippen LogP contribution in [0.15, 0.2) is 90.2 Å². The standard InChI is InChI=1S/C21H17N5OS/c27-21(20-14-23-26(25-20)18-6-2-1-3-7-18)24-17-8-10-19(11-9-17)28-15-16-5-4-12-22-13-16/h1-14H,15H2,(H,24,27). The number of nitrogens with zero attached hydrogens (tertiary/aromatic N) is 4. The van der Waals surface area contributed by atoms with Crippen LogP contribution in [-0.4, -0.2) is 25.9 Å². The summed E-state index contributed by atoms with van der Waals surface area (Å²) < 4.78 is 0. The van der Waals surface area contributed by atoms with Crippen LogP contribution in [0.1, 0.15) is 16.1 Å². The van der Waals surface area contributed by atoms with Crippen molar-refractivity contribution in [3.8, 4) is 5.69 Å². The fourth-order valence-corrected chi connectivity index (χ4v) is 3.37. The van der Waals surface area contributed by atoms with Crippen LogP contribution in [0.25, 0.3) is 5.69 Å². The van der Waals surface area contributed by atoms with Gasteiger partial charge in [0, 0.05) is 28.7 Å². The third kappa shape index (κ3) is 4.44. The summed E-state index contributed by atoms with van der Waals surface area (Å²) in [6.45, 7) is 0. The Labute approximate surface area is 166 Å². The predicted octanol–water partition coefficient (Wildman–Crippen LogP) is 4.21. The van der Waals surface area contributed by atoms with Crippen LogP contribution in [0.2, 0.25) is 0 Å². The first-order valence-electron chi connectivity index (χ1n) is 8.69. The first kappa shape index (κ1) is 17.9. The number of anilines is 1. The lowest BCUT2D eigenvalue weighted by atomic mass is 10.3. The van der Waals surface area contributed by atoms with E-state index < -0.39 is 0 Å². The van der Waals surface area contributed by atoms with E-state index in [1.807, 2.05) is 66.9 Å². The third-order valence-electron chi connectivity index (χ3n) is 3.95. The second-order valence-electron chi connectivity index (χ2n) is 5.98. The van der Waals surface area contributed by atoms with E-state index in [2.05, 4.69) is 26.6 Å². The Bertz CT molecular complexity index is 1050. The molecule has 2 heterocycles. The second kappa shape index (κ2) is 8.49. The first-order chi connectivity index (χ1) is 13.8. The van der Waals surface area contributed by atoms with Gasteiger partial charge in [0.2, 0.25) is 0 Å². The summed E-state index contributed by atoms with van der Waals surface area (Å²) in [4.78, 5) is 19.1. The number of thioether (sulfide) groups is 1. The molecule has 0 atom stereocenters. The fraction of sp³-hybridized carbons (Fsp3) is 0.0476. The van der Waals surface area contributed by atoms with Crippen LogP contribution >= 0.6 is 11.8 Å². The van der Waals surface area contributed by atoms with Gasteiger partial charge >= 0.3 is 0 Å². The first-order valence-corrected chi connectivity index (χ1v) is 9.67. The van der Waals surface area contributed by atoms with Gasteiger partial charge in [-0.3, -0.25) is 9.78 Å². The second-order valence-corrected chi connectivity index (χ2v) is 7.03. The molecule has 2 aromatic heterocycles. The Kier molecular flexibility index (Phi) is 5.44. The molecule has 1 N–H and O–H groups in total. The van der Waals surface area contributed by atoms with Crippen molar-refractivity contribution in [3.63, 3.8) is 0 Å². The average molecular weight is 387 g/mol. The molecule has 28 heavy (non-hydrogen) atoms. The molecule has 0 saturated carbocycles. The Balaban J connectivity index is 1.36. The number of rotatable bonds is 6. The monoisotopic (exact) mass is 387 g/mol. The van der Waals surface area contributed by atoms with Gasteiger partial charge in [0.1, 0.15) is 0 Å². The number of carbonyl (C=O) groups is 1. The van der Waals surface area contributed by atoms with Crippen molar-refractivity contribution >= 4 is 23.4 Å². The smallest absolute Gasteiger partial charge is 0.277 e. The van der Waals surface area contributed by atoms with Crippen LogP contribution in [0.5, 0.6) is 0 Å². The molecule has 0 saturated heterocycles. The summed E-state index contributed by atoms with van der Waals surface area (Å²) >= 11 is 1.72. The predicted molar refractivity (Wildman–Crippen MR) is 110 cm³/mol. The number of amides is 1. The summed E-state index contributed by atoms with van der Waals surface area (Å²) in [7, 11) is 0. The number of hydrogen-bond donors (Lipinski definition) is 1. The maximum absolute atomic E-state index is 12.4. The van der Waals surface area contributed by atoms with E-state index in [1.54, 1.807) is 18.0 Å². The average Bonchev–Trinajstić information content (AvgIpc) is 3.25. The van der Waals surface area contributed by atoms with E-state index in [-0.39, 0.29) is 11.6 Å². The van der Waals surface area contributed by atoms with Gasteiger partial charge in [0.05, 0.1) is 11.9 Å². The maximum Gasteiger partial charge on any atom is 0.277 e. The number of hydrogen-bond acceptors (Lipinski definition) is 5. The van der Waals surface area contributed by atoms with E-state index in [0.29, 0.717) is 5.69 Å². The minimum Gasteiger partial charge on any atom is -0.321 e. The molecule has 0 aliphatic carbocycles. The summed E-state index contributed by atoms with van der Waals surface area (Å²) in [5.41, 5.74) is 2.95. The lowest BCUT2D eigenvalue weighted by Crippen LogP contribution is -2.13. The zero-order valence-corrected chi connectivity index (χ0v) is 15.7. The van der Waals surface area contributed by atoms with Gasteiger partial charge in [0.15, 0.2) is 5.69 Å². The van der Waals surface area contributed by atoms with Crippen LogP contribution in [-0.2, 0) is 5.75 Å². The van der Waals surface area contributed by atoms with Crippen LogP contribution in [0.4, 0.5) is 5.69 Å². The van der Waals surface area contributed by atoms with E-state index in [0.717, 1.165) is 16.3 Å². The van der Waals surface area contributed by atoms with Gasteiger partial charge in [-0.1, -0.05) is 24.3 Å². The topological polar surface area (TPSA) is 72.7 Å². The molecule has 6 nitrogen and oxygen atoms in total. The molecule has 4 aromatic rings. The molecule has 2 aromatic carbocycles. The highest BCUT2D eigenvalue weighted by Gasteiger charge is 2.11. The quantitative estimate of drug-likeness (QED) is 0.502. The van der Waals surface area contributed by atoms with E-state index in [1.165, 1.54) is 16.6 Å². The van der Waals surface area contributed by atoms with Crippen molar-refractivity contribution in [3.05, 3.63) is 96.6 Å². The highest BCUT2D eigenvalue weighted by Crippen LogP contribution is 2.24. The molecule has 7 heteroatoms. The third-order valence-corrected chi connectivity index (χ3v) is 5.04. The minimum absolute atomic E-state index is 0.263. The minimum atomic E-state index is -0.294. The summed E-state index contributed by atoms with van der Waals surface area (Å²) in [5.74, 6) is 0.556. The number of nitrogens with one attached hydrogen (secondary N) is 1. The molecule has 4 rings (SSSR count). The molecular weight excluding hydrogens is 370 g/mol. The van der Waals surface area contributed by atoms with Crippen molar-refractivity contribution in [2.45, 2.75) is 10.6 Å². The Hall–Kier alpha value is -3.45. The summed E-state index contributed by atoms with van der Waals surface area (Å²) in [5, 5.41) is 11.2. The van der Waals surface area contributed by atoms with Crippen molar-refractivity contribution in [1.82, 2.24) is 20.0 Å². The zero-order chi connectivity index (χ0) is 19.2. The van der Waals surface area contributed by atoms with Crippen molar-refractivity contribution < 1.29 is 4.79 Å².